The van der Waals surface area contributed by atoms with Gasteiger partial charge < -0.3 is 30.6 Å². The third-order valence-corrected chi connectivity index (χ3v) is 1.75. The summed E-state index contributed by atoms with van der Waals surface area (Å²) < 4.78 is 0. The molecule has 0 amide bonds. The topological polar surface area (TPSA) is 190 Å². The van der Waals surface area contributed by atoms with Crippen molar-refractivity contribution in [2.45, 2.75) is 27.7 Å². The fourth-order valence-electron chi connectivity index (χ4n) is 0.0956. The smallest absolute Gasteiger partial charge is 0.338 e. The summed E-state index contributed by atoms with van der Waals surface area (Å²) in [6.07, 6.45) is 0. The number of carbonyl (C=O) groups is 4. The number of aliphatic hydroxyl groups excluding tert-OH is 1. The number of aliphatic hydroxyl groups is 2. The van der Waals surface area contributed by atoms with Crippen LogP contribution in [0.3, 0.4) is 0 Å². The highest BCUT2D eigenvalue weighted by Crippen LogP contribution is 1.94. The van der Waals surface area contributed by atoms with Gasteiger partial charge in [-0.3, -0.25) is 0 Å². The number of hydrogen-bond donors (Lipinski definition) is 6. The lowest BCUT2D eigenvalue weighted by Gasteiger charge is -1.89. The van der Waals surface area contributed by atoms with Crippen molar-refractivity contribution in [1.29, 1.82) is 0 Å². The van der Waals surface area contributed by atoms with Crippen LogP contribution in [0.5, 0.6) is 0 Å². The van der Waals surface area contributed by atoms with E-state index < -0.39 is 35.4 Å². The molecule has 0 aromatic carbocycles. The summed E-state index contributed by atoms with van der Waals surface area (Å²) in [6, 6.07) is 0. The predicted octanol–water partition coefficient (Wildman–Crippen LogP) is 2.36. The summed E-state index contributed by atoms with van der Waals surface area (Å²) in [5, 5.41) is 47.7. The average Bonchev–Trinajstić information content (AvgIpc) is 2.47. The molecule has 10 nitrogen and oxygen atoms in total. The molecule has 0 fully saturated rings. The normalized spacial score (nSPS) is 7.69. The van der Waals surface area contributed by atoms with E-state index >= 15 is 0 Å². The molecule has 0 radical (unpaired) electrons. The number of rotatable bonds is 4. The Morgan fingerprint density at radius 1 is 0.500 bits per heavy atom. The first-order valence-corrected chi connectivity index (χ1v) is 6.47. The Bertz CT molecular complexity index is 499. The van der Waals surface area contributed by atoms with Crippen molar-refractivity contribution in [3.8, 4) is 0 Å². The van der Waals surface area contributed by atoms with Gasteiger partial charge in [0.2, 0.25) is 0 Å². The fraction of sp³-hybridized carbons (Fsp3) is 0.250. The van der Waals surface area contributed by atoms with E-state index in [1.165, 1.54) is 20.8 Å². The van der Waals surface area contributed by atoms with Gasteiger partial charge in [-0.15, -0.1) is 0 Å². The van der Waals surface area contributed by atoms with E-state index in [0.29, 0.717) is 0 Å². The van der Waals surface area contributed by atoms with Crippen molar-refractivity contribution in [3.05, 3.63) is 48.0 Å². The van der Waals surface area contributed by atoms with Crippen LogP contribution in [0.15, 0.2) is 48.0 Å². The third kappa shape index (κ3) is 28.6. The van der Waals surface area contributed by atoms with Crippen molar-refractivity contribution in [2.75, 3.05) is 0 Å². The molecule has 0 aromatic rings. The van der Waals surface area contributed by atoms with Crippen LogP contribution in [0.2, 0.25) is 0 Å². The van der Waals surface area contributed by atoms with E-state index in [1.807, 2.05) is 0 Å². The van der Waals surface area contributed by atoms with Gasteiger partial charge in [0.25, 0.3) is 5.95 Å². The maximum atomic E-state index is 9.76. The molecule has 0 saturated heterocycles. The molecule has 0 spiro atoms. The molecule has 0 rings (SSSR count). The minimum Gasteiger partial charge on any atom is -0.481 e. The zero-order valence-electron chi connectivity index (χ0n) is 14.9. The summed E-state index contributed by atoms with van der Waals surface area (Å²) in [6.45, 7) is 14.9. The fourth-order valence-corrected chi connectivity index (χ4v) is 0.0956. The van der Waals surface area contributed by atoms with Crippen molar-refractivity contribution in [3.63, 3.8) is 0 Å². The average molecular weight is 376 g/mol. The molecule has 26 heavy (non-hydrogen) atoms. The van der Waals surface area contributed by atoms with Crippen molar-refractivity contribution >= 4 is 23.9 Å². The molecule has 0 aliphatic carbocycles. The van der Waals surface area contributed by atoms with E-state index in [0.717, 1.165) is 6.92 Å². The molecule has 0 aliphatic rings. The van der Waals surface area contributed by atoms with Crippen molar-refractivity contribution < 1.29 is 49.8 Å². The van der Waals surface area contributed by atoms with Crippen LogP contribution in [-0.2, 0) is 19.2 Å². The van der Waals surface area contributed by atoms with Crippen LogP contribution in [0.1, 0.15) is 27.7 Å². The number of carboxylic acid groups (broad SMARTS) is 4. The van der Waals surface area contributed by atoms with Crippen LogP contribution < -0.4 is 0 Å². The highest BCUT2D eigenvalue weighted by Gasteiger charge is 2.04. The SMILES string of the molecule is C=C(C)C(=O)O.C=C(C)C(=O)O.C=C(C)C(=O)O.CC(C(=O)O)=C(O)O. The van der Waals surface area contributed by atoms with Gasteiger partial charge in [0.05, 0.1) is 0 Å². The van der Waals surface area contributed by atoms with Gasteiger partial charge in [0.1, 0.15) is 5.57 Å². The Labute approximate surface area is 150 Å². The number of carboxylic acids is 4. The zero-order chi connectivity index (χ0) is 22.2. The van der Waals surface area contributed by atoms with E-state index in [9.17, 15) is 19.2 Å². The zero-order valence-corrected chi connectivity index (χ0v) is 14.9. The van der Waals surface area contributed by atoms with E-state index in [4.69, 9.17) is 30.6 Å². The highest BCUT2D eigenvalue weighted by molar-refractivity contribution is 5.86. The first kappa shape index (κ1) is 30.3. The molecule has 0 bridgehead atoms. The minimum absolute atomic E-state index is 0.176. The van der Waals surface area contributed by atoms with E-state index in [-0.39, 0.29) is 16.7 Å². The van der Waals surface area contributed by atoms with Crippen LogP contribution in [0.4, 0.5) is 0 Å². The van der Waals surface area contributed by atoms with E-state index in [2.05, 4.69) is 19.7 Å². The Morgan fingerprint density at radius 3 is 0.654 bits per heavy atom. The summed E-state index contributed by atoms with van der Waals surface area (Å²) in [4.78, 5) is 38.6. The van der Waals surface area contributed by atoms with Gasteiger partial charge in [0.15, 0.2) is 0 Å². The molecule has 0 unspecified atom stereocenters. The lowest BCUT2D eigenvalue weighted by Crippen LogP contribution is -1.99. The molecule has 10 heteroatoms. The Morgan fingerprint density at radius 2 is 0.654 bits per heavy atom. The third-order valence-electron chi connectivity index (χ3n) is 1.75. The maximum absolute atomic E-state index is 9.76. The summed E-state index contributed by atoms with van der Waals surface area (Å²) in [5.74, 6) is -5.28. The van der Waals surface area contributed by atoms with Gasteiger partial charge in [-0.1, -0.05) is 19.7 Å². The largest absolute Gasteiger partial charge is 0.481 e. The molecular formula is C16H24O10. The van der Waals surface area contributed by atoms with Crippen LogP contribution >= 0.6 is 0 Å². The quantitative estimate of drug-likeness (QED) is 0.313. The minimum atomic E-state index is -1.33. The lowest BCUT2D eigenvalue weighted by molar-refractivity contribution is -0.134. The number of aliphatic carboxylic acids is 4. The second kappa shape index (κ2) is 16.3. The number of hydrogen-bond acceptors (Lipinski definition) is 6. The van der Waals surface area contributed by atoms with Gasteiger partial charge in [-0.05, 0) is 27.7 Å². The Hall–Kier alpha value is -3.56. The molecule has 0 heterocycles. The summed E-state index contributed by atoms with van der Waals surface area (Å²) in [7, 11) is 0. The molecule has 0 aromatic heterocycles. The predicted molar refractivity (Wildman–Crippen MR) is 92.9 cm³/mol. The first-order valence-electron chi connectivity index (χ1n) is 6.47. The highest BCUT2D eigenvalue weighted by atomic mass is 16.5. The molecule has 0 atom stereocenters. The van der Waals surface area contributed by atoms with Crippen molar-refractivity contribution in [1.82, 2.24) is 0 Å². The monoisotopic (exact) mass is 376 g/mol. The standard InChI is InChI=1S/C4H6O4.3C4H6O2/c1-2(3(5)6)4(7)8;3*1-3(2)4(5)6/h5-6H,1H3,(H,7,8);3*1H2,2H3,(H,5,6). The summed E-state index contributed by atoms with van der Waals surface area (Å²) >= 11 is 0. The second-order valence-corrected chi connectivity index (χ2v) is 4.51. The van der Waals surface area contributed by atoms with Crippen LogP contribution in [0, 0.1) is 0 Å². The Kier molecular flexibility index (Phi) is 19.0. The molecular weight excluding hydrogens is 352 g/mol. The second-order valence-electron chi connectivity index (χ2n) is 4.51. The Balaban J connectivity index is -0.000000125. The molecule has 0 aliphatic heterocycles. The van der Waals surface area contributed by atoms with Crippen LogP contribution in [-0.4, -0.2) is 54.5 Å². The lowest BCUT2D eigenvalue weighted by atomic mass is 10.3. The molecule has 6 N–H and O–H groups in total. The van der Waals surface area contributed by atoms with Gasteiger partial charge >= 0.3 is 23.9 Å². The first-order chi connectivity index (χ1) is 11.5. The van der Waals surface area contributed by atoms with Gasteiger partial charge in [0, 0.05) is 16.7 Å². The molecule has 148 valence electrons. The maximum Gasteiger partial charge on any atom is 0.338 e. The molecule has 0 saturated carbocycles. The van der Waals surface area contributed by atoms with E-state index in [1.54, 1.807) is 0 Å². The van der Waals surface area contributed by atoms with Gasteiger partial charge in [-0.25, -0.2) is 19.2 Å². The van der Waals surface area contributed by atoms with Gasteiger partial charge in [-0.2, -0.15) is 0 Å². The van der Waals surface area contributed by atoms with Crippen molar-refractivity contribution in [2.24, 2.45) is 0 Å². The summed E-state index contributed by atoms with van der Waals surface area (Å²) in [5.41, 5.74) is 0.0741. The van der Waals surface area contributed by atoms with Crippen LogP contribution in [0.25, 0.3) is 0 Å².